The molecule has 1 rings (SSSR count). The molecule has 0 saturated carbocycles. The number of aliphatic hydroxyl groups excluding tert-OH is 1. The average Bonchev–Trinajstić information content (AvgIpc) is 2.15. The Balaban J connectivity index is 3.17. The molecule has 0 fully saturated rings. The summed E-state index contributed by atoms with van der Waals surface area (Å²) in [6.07, 6.45) is 0.298. The van der Waals surface area contributed by atoms with Crippen molar-refractivity contribution in [1.29, 1.82) is 0 Å². The van der Waals surface area contributed by atoms with Gasteiger partial charge in [-0.1, -0.05) is 0 Å². The smallest absolute Gasteiger partial charge is 0.168 e. The van der Waals surface area contributed by atoms with E-state index in [0.29, 0.717) is 12.4 Å². The van der Waals surface area contributed by atoms with Gasteiger partial charge in [-0.25, -0.2) is 8.78 Å². The number of benzene rings is 1. The van der Waals surface area contributed by atoms with Crippen molar-refractivity contribution in [3.05, 3.63) is 35.4 Å². The number of aldehydes is 1. The van der Waals surface area contributed by atoms with Gasteiger partial charge < -0.3 is 5.11 Å². The number of aliphatic hydroxyl groups is 1. The third-order valence-corrected chi connectivity index (χ3v) is 1.56. The van der Waals surface area contributed by atoms with Crippen LogP contribution in [0.5, 0.6) is 0 Å². The molecular weight excluding hydrogens is 192 g/mol. The molecule has 0 aliphatic carbocycles. The van der Waals surface area contributed by atoms with Crippen LogP contribution in [0.3, 0.4) is 0 Å². The first kappa shape index (κ1) is 10.5. The van der Waals surface area contributed by atoms with Crippen LogP contribution in [0.15, 0.2) is 23.2 Å². The summed E-state index contributed by atoms with van der Waals surface area (Å²) in [4.78, 5) is 13.8. The minimum absolute atomic E-state index is 0.129. The lowest BCUT2D eigenvalue weighted by Gasteiger charge is -2.00. The summed E-state index contributed by atoms with van der Waals surface area (Å²) in [6, 6.07) is 2.74. The fourth-order valence-electron chi connectivity index (χ4n) is 0.959. The summed E-state index contributed by atoms with van der Waals surface area (Å²) in [6.45, 7) is -0.620. The summed E-state index contributed by atoms with van der Waals surface area (Å²) in [5.74, 6) is -1.62. The van der Waals surface area contributed by atoms with E-state index in [4.69, 9.17) is 5.11 Å². The zero-order valence-corrected chi connectivity index (χ0v) is 7.08. The summed E-state index contributed by atoms with van der Waals surface area (Å²) < 4.78 is 25.5. The molecule has 1 aromatic rings. The highest BCUT2D eigenvalue weighted by Gasteiger charge is 2.09. The number of hydrogen-bond acceptors (Lipinski definition) is 3. The lowest BCUT2D eigenvalue weighted by Crippen LogP contribution is -2.06. The number of carbonyl (C=O) groups excluding carboxylic acids is 1. The quantitative estimate of drug-likeness (QED) is 0.580. The fraction of sp³-hybridized carbons (Fsp3) is 0.111. The Morgan fingerprint density at radius 2 is 2.21 bits per heavy atom. The van der Waals surface area contributed by atoms with Gasteiger partial charge in [0.2, 0.25) is 0 Å². The molecule has 0 saturated heterocycles. The van der Waals surface area contributed by atoms with Gasteiger partial charge in [0.05, 0.1) is 0 Å². The van der Waals surface area contributed by atoms with E-state index in [-0.39, 0.29) is 11.3 Å². The molecule has 0 atom stereocenters. The maximum atomic E-state index is 13.0. The van der Waals surface area contributed by atoms with Crippen LogP contribution in [0, 0.1) is 11.6 Å². The van der Waals surface area contributed by atoms with E-state index < -0.39 is 18.4 Å². The first-order valence-corrected chi connectivity index (χ1v) is 3.75. The van der Waals surface area contributed by atoms with Gasteiger partial charge in [-0.2, -0.15) is 0 Å². The van der Waals surface area contributed by atoms with E-state index >= 15 is 0 Å². The summed E-state index contributed by atoms with van der Waals surface area (Å²) in [5.41, 5.74) is -0.375. The van der Waals surface area contributed by atoms with E-state index in [9.17, 15) is 13.6 Å². The second-order valence-electron chi connectivity index (χ2n) is 2.43. The largest absolute Gasteiger partial charge is 0.375 e. The monoisotopic (exact) mass is 199 g/mol. The first-order chi connectivity index (χ1) is 6.69. The van der Waals surface area contributed by atoms with Gasteiger partial charge in [0.25, 0.3) is 0 Å². The van der Waals surface area contributed by atoms with Gasteiger partial charge in [0.15, 0.2) is 6.29 Å². The highest BCUT2D eigenvalue weighted by Crippen LogP contribution is 2.09. The Bertz CT molecular complexity index is 377. The van der Waals surface area contributed by atoms with Crippen LogP contribution in [0.4, 0.5) is 8.78 Å². The van der Waals surface area contributed by atoms with Crippen molar-refractivity contribution < 1.29 is 18.7 Å². The molecule has 0 aliphatic rings. The standard InChI is InChI=1S/C9H7F2NO2/c10-6-1-2-7(8(11)3-6)9(4-13)12-5-14/h1-4,14H,5H2/b12-9+. The van der Waals surface area contributed by atoms with Crippen molar-refractivity contribution >= 4 is 12.0 Å². The highest BCUT2D eigenvalue weighted by molar-refractivity contribution is 6.36. The molecule has 1 N–H and O–H groups in total. The number of aliphatic imine (C=N–C) groups is 1. The normalized spacial score (nSPS) is 11.5. The Morgan fingerprint density at radius 1 is 1.50 bits per heavy atom. The predicted molar refractivity (Wildman–Crippen MR) is 46.0 cm³/mol. The maximum Gasteiger partial charge on any atom is 0.168 e. The van der Waals surface area contributed by atoms with Crippen molar-refractivity contribution in [3.8, 4) is 0 Å². The van der Waals surface area contributed by atoms with Gasteiger partial charge in [-0.05, 0) is 12.1 Å². The highest BCUT2D eigenvalue weighted by atomic mass is 19.1. The van der Waals surface area contributed by atoms with Crippen LogP contribution in [0.1, 0.15) is 5.56 Å². The molecule has 0 bridgehead atoms. The molecule has 0 spiro atoms. The Hall–Kier alpha value is -1.62. The SMILES string of the molecule is O=C/C(=N\CO)c1ccc(F)cc1F. The van der Waals surface area contributed by atoms with Crippen molar-refractivity contribution in [2.45, 2.75) is 0 Å². The zero-order chi connectivity index (χ0) is 10.6. The minimum atomic E-state index is -0.885. The molecule has 74 valence electrons. The fourth-order valence-corrected chi connectivity index (χ4v) is 0.959. The summed E-state index contributed by atoms with van der Waals surface area (Å²) >= 11 is 0. The minimum Gasteiger partial charge on any atom is -0.375 e. The molecule has 0 radical (unpaired) electrons. The molecule has 0 aliphatic heterocycles. The molecule has 1 aromatic carbocycles. The second kappa shape index (κ2) is 4.57. The van der Waals surface area contributed by atoms with Gasteiger partial charge >= 0.3 is 0 Å². The van der Waals surface area contributed by atoms with E-state index in [2.05, 4.69) is 4.99 Å². The Labute approximate surface area is 78.7 Å². The number of halogens is 2. The van der Waals surface area contributed by atoms with Gasteiger partial charge in [-0.15, -0.1) is 0 Å². The van der Waals surface area contributed by atoms with Crippen molar-refractivity contribution in [3.63, 3.8) is 0 Å². The molecule has 0 heterocycles. The summed E-state index contributed by atoms with van der Waals surface area (Å²) in [7, 11) is 0. The van der Waals surface area contributed by atoms with Gasteiger partial charge in [0, 0.05) is 11.6 Å². The number of hydrogen-bond donors (Lipinski definition) is 1. The van der Waals surface area contributed by atoms with Crippen LogP contribution < -0.4 is 0 Å². The van der Waals surface area contributed by atoms with Crippen molar-refractivity contribution in [2.75, 3.05) is 6.73 Å². The molecular formula is C9H7F2NO2. The van der Waals surface area contributed by atoms with Crippen LogP contribution in [0.25, 0.3) is 0 Å². The third kappa shape index (κ3) is 2.20. The van der Waals surface area contributed by atoms with Crippen molar-refractivity contribution in [1.82, 2.24) is 0 Å². The molecule has 0 aromatic heterocycles. The summed E-state index contributed by atoms with van der Waals surface area (Å²) in [5, 5.41) is 8.43. The lowest BCUT2D eigenvalue weighted by molar-refractivity contribution is -0.102. The predicted octanol–water partition coefficient (Wildman–Crippen LogP) is 0.903. The third-order valence-electron chi connectivity index (χ3n) is 1.56. The van der Waals surface area contributed by atoms with E-state index in [1.807, 2.05) is 0 Å². The molecule has 0 amide bonds. The second-order valence-corrected chi connectivity index (χ2v) is 2.43. The van der Waals surface area contributed by atoms with Crippen molar-refractivity contribution in [2.24, 2.45) is 4.99 Å². The molecule has 0 unspecified atom stereocenters. The van der Waals surface area contributed by atoms with Gasteiger partial charge in [0.1, 0.15) is 24.1 Å². The van der Waals surface area contributed by atoms with Crippen LogP contribution >= 0.6 is 0 Å². The van der Waals surface area contributed by atoms with Gasteiger partial charge in [-0.3, -0.25) is 9.79 Å². The Morgan fingerprint density at radius 3 is 2.71 bits per heavy atom. The number of carbonyl (C=O) groups is 1. The van der Waals surface area contributed by atoms with Crippen LogP contribution in [-0.4, -0.2) is 23.8 Å². The van der Waals surface area contributed by atoms with E-state index in [1.165, 1.54) is 0 Å². The number of nitrogens with zero attached hydrogens (tertiary/aromatic N) is 1. The maximum absolute atomic E-state index is 13.0. The number of rotatable bonds is 3. The van der Waals surface area contributed by atoms with Crippen LogP contribution in [-0.2, 0) is 4.79 Å². The molecule has 14 heavy (non-hydrogen) atoms. The van der Waals surface area contributed by atoms with Crippen LogP contribution in [0.2, 0.25) is 0 Å². The topological polar surface area (TPSA) is 49.7 Å². The van der Waals surface area contributed by atoms with E-state index in [0.717, 1.165) is 12.1 Å². The van der Waals surface area contributed by atoms with E-state index in [1.54, 1.807) is 0 Å². The average molecular weight is 199 g/mol. The zero-order valence-electron chi connectivity index (χ0n) is 7.08. The lowest BCUT2D eigenvalue weighted by atomic mass is 10.1. The molecule has 3 nitrogen and oxygen atoms in total. The first-order valence-electron chi connectivity index (χ1n) is 3.75. The molecule has 5 heteroatoms. The Kier molecular flexibility index (Phi) is 3.41.